The molecule has 1 unspecified atom stereocenters. The summed E-state index contributed by atoms with van der Waals surface area (Å²) in [6, 6.07) is 2.10. The van der Waals surface area contributed by atoms with Crippen molar-refractivity contribution in [1.82, 2.24) is 0 Å². The summed E-state index contributed by atoms with van der Waals surface area (Å²) in [7, 11) is 0. The van der Waals surface area contributed by atoms with Crippen LogP contribution in [-0.2, 0) is 0 Å². The molecule has 0 aliphatic rings. The minimum Gasteiger partial charge on any atom is -0.397 e. The van der Waals surface area contributed by atoms with Gasteiger partial charge in [-0.25, -0.2) is 8.78 Å². The average Bonchev–Trinajstić information content (AvgIpc) is 2.19. The van der Waals surface area contributed by atoms with Crippen LogP contribution in [0.15, 0.2) is 12.1 Å². The molecule has 0 amide bonds. The Morgan fingerprint density at radius 3 is 2.73 bits per heavy atom. The van der Waals surface area contributed by atoms with Crippen LogP contribution < -0.4 is 11.1 Å². The Labute approximate surface area is 86.9 Å². The third kappa shape index (κ3) is 2.79. The second-order valence-corrected chi connectivity index (χ2v) is 3.38. The van der Waals surface area contributed by atoms with Gasteiger partial charge in [0.1, 0.15) is 0 Å². The third-order valence-corrected chi connectivity index (χ3v) is 2.08. The number of hydrogen-bond donors (Lipinski definition) is 3. The molecule has 0 radical (unpaired) electrons. The molecule has 1 rings (SSSR count). The third-order valence-electron chi connectivity index (χ3n) is 2.08. The van der Waals surface area contributed by atoms with Crippen molar-refractivity contribution < 1.29 is 13.9 Å². The van der Waals surface area contributed by atoms with Gasteiger partial charge < -0.3 is 16.2 Å². The van der Waals surface area contributed by atoms with Gasteiger partial charge in [0, 0.05) is 12.6 Å². The molecule has 0 bridgehead atoms. The molecule has 0 saturated carbocycles. The van der Waals surface area contributed by atoms with E-state index in [1.54, 1.807) is 6.92 Å². The van der Waals surface area contributed by atoms with E-state index >= 15 is 0 Å². The van der Waals surface area contributed by atoms with Crippen LogP contribution in [0.2, 0.25) is 0 Å². The van der Waals surface area contributed by atoms with Gasteiger partial charge in [-0.3, -0.25) is 0 Å². The van der Waals surface area contributed by atoms with E-state index in [-0.39, 0.29) is 24.0 Å². The average molecular weight is 216 g/mol. The van der Waals surface area contributed by atoms with Gasteiger partial charge in [0.15, 0.2) is 11.6 Å². The zero-order valence-electron chi connectivity index (χ0n) is 8.43. The molecule has 0 saturated heterocycles. The van der Waals surface area contributed by atoms with Crippen LogP contribution in [0.5, 0.6) is 0 Å². The Hall–Kier alpha value is -1.36. The van der Waals surface area contributed by atoms with Crippen molar-refractivity contribution in [3.8, 4) is 0 Å². The maximum Gasteiger partial charge on any atom is 0.183 e. The monoisotopic (exact) mass is 216 g/mol. The highest BCUT2D eigenvalue weighted by Gasteiger charge is 2.13. The molecule has 5 heteroatoms. The number of anilines is 2. The molecular formula is C10H14F2N2O. The summed E-state index contributed by atoms with van der Waals surface area (Å²) < 4.78 is 26.2. The molecular weight excluding hydrogens is 202 g/mol. The highest BCUT2D eigenvalue weighted by molar-refractivity contribution is 5.67. The molecule has 0 heterocycles. The molecule has 1 atom stereocenters. The van der Waals surface area contributed by atoms with E-state index < -0.39 is 11.6 Å². The van der Waals surface area contributed by atoms with Crippen molar-refractivity contribution in [2.75, 3.05) is 17.7 Å². The number of benzene rings is 1. The first-order chi connectivity index (χ1) is 7.06. The normalized spacial score (nSPS) is 12.5. The second-order valence-electron chi connectivity index (χ2n) is 3.38. The molecule has 1 aromatic carbocycles. The molecule has 0 spiro atoms. The van der Waals surface area contributed by atoms with Gasteiger partial charge in [0.05, 0.1) is 11.4 Å². The summed E-state index contributed by atoms with van der Waals surface area (Å²) in [6.45, 7) is 1.73. The first kappa shape index (κ1) is 11.7. The van der Waals surface area contributed by atoms with Gasteiger partial charge in [-0.1, -0.05) is 0 Å². The Kier molecular flexibility index (Phi) is 3.85. The van der Waals surface area contributed by atoms with Crippen molar-refractivity contribution in [2.45, 2.75) is 19.4 Å². The van der Waals surface area contributed by atoms with Crippen LogP contribution in [0.4, 0.5) is 20.2 Å². The number of hydrogen-bond acceptors (Lipinski definition) is 3. The van der Waals surface area contributed by atoms with E-state index in [2.05, 4.69) is 5.32 Å². The second kappa shape index (κ2) is 4.93. The van der Waals surface area contributed by atoms with Crippen molar-refractivity contribution in [3.63, 3.8) is 0 Å². The zero-order chi connectivity index (χ0) is 11.4. The summed E-state index contributed by atoms with van der Waals surface area (Å²) >= 11 is 0. The minimum atomic E-state index is -0.986. The molecule has 84 valence electrons. The van der Waals surface area contributed by atoms with Gasteiger partial charge in [-0.15, -0.1) is 0 Å². The Morgan fingerprint density at radius 2 is 2.13 bits per heavy atom. The highest BCUT2D eigenvalue weighted by Crippen LogP contribution is 2.25. The zero-order valence-corrected chi connectivity index (χ0v) is 8.43. The Bertz CT molecular complexity index is 344. The number of rotatable bonds is 4. The fraction of sp³-hybridized carbons (Fsp3) is 0.400. The van der Waals surface area contributed by atoms with Crippen LogP contribution in [0.25, 0.3) is 0 Å². The fourth-order valence-electron chi connectivity index (χ4n) is 1.22. The molecule has 3 nitrogen and oxygen atoms in total. The van der Waals surface area contributed by atoms with Crippen LogP contribution in [-0.4, -0.2) is 17.8 Å². The Balaban J connectivity index is 2.88. The molecule has 4 N–H and O–H groups in total. The van der Waals surface area contributed by atoms with E-state index in [9.17, 15) is 8.78 Å². The predicted octanol–water partition coefficient (Wildman–Crippen LogP) is 1.73. The quantitative estimate of drug-likeness (QED) is 0.672. The summed E-state index contributed by atoms with van der Waals surface area (Å²) in [5.41, 5.74) is 5.61. The van der Waals surface area contributed by atoms with E-state index in [1.165, 1.54) is 6.07 Å². The van der Waals surface area contributed by atoms with Crippen molar-refractivity contribution in [1.29, 1.82) is 0 Å². The van der Waals surface area contributed by atoms with Crippen LogP contribution in [0, 0.1) is 11.6 Å². The van der Waals surface area contributed by atoms with Crippen molar-refractivity contribution >= 4 is 11.4 Å². The van der Waals surface area contributed by atoms with E-state index in [1.807, 2.05) is 0 Å². The topological polar surface area (TPSA) is 58.3 Å². The van der Waals surface area contributed by atoms with Crippen molar-refractivity contribution in [2.24, 2.45) is 0 Å². The summed E-state index contributed by atoms with van der Waals surface area (Å²) in [6.07, 6.45) is 0.440. The number of nitrogens with two attached hydrogens (primary N) is 1. The number of aliphatic hydroxyl groups is 1. The van der Waals surface area contributed by atoms with E-state index in [0.717, 1.165) is 6.07 Å². The van der Waals surface area contributed by atoms with Gasteiger partial charge in [0.2, 0.25) is 0 Å². The van der Waals surface area contributed by atoms with Gasteiger partial charge >= 0.3 is 0 Å². The Morgan fingerprint density at radius 1 is 1.47 bits per heavy atom. The molecule has 1 aromatic rings. The molecule has 0 aliphatic carbocycles. The first-order valence-electron chi connectivity index (χ1n) is 4.67. The maximum atomic E-state index is 13.3. The highest BCUT2D eigenvalue weighted by atomic mass is 19.2. The molecule has 0 aromatic heterocycles. The number of nitrogen functional groups attached to an aromatic ring is 1. The first-order valence-corrected chi connectivity index (χ1v) is 4.67. The largest absolute Gasteiger partial charge is 0.397 e. The van der Waals surface area contributed by atoms with Crippen LogP contribution in [0.3, 0.4) is 0 Å². The van der Waals surface area contributed by atoms with Crippen molar-refractivity contribution in [3.05, 3.63) is 23.8 Å². The molecule has 0 fully saturated rings. The number of halogens is 2. The van der Waals surface area contributed by atoms with Gasteiger partial charge in [-0.05, 0) is 25.5 Å². The predicted molar refractivity (Wildman–Crippen MR) is 55.6 cm³/mol. The fourth-order valence-corrected chi connectivity index (χ4v) is 1.22. The standard InChI is InChI=1S/C10H14F2N2O/c1-6(4-5-15)14-10-8(13)3-2-7(11)9(10)12/h2-3,6,14-15H,4-5,13H2,1H3. The lowest BCUT2D eigenvalue weighted by atomic mass is 10.2. The summed E-state index contributed by atoms with van der Waals surface area (Å²) in [5, 5.41) is 11.4. The maximum absolute atomic E-state index is 13.3. The number of nitrogens with one attached hydrogen (secondary N) is 1. The van der Waals surface area contributed by atoms with E-state index in [0.29, 0.717) is 6.42 Å². The smallest absolute Gasteiger partial charge is 0.183 e. The van der Waals surface area contributed by atoms with Crippen LogP contribution in [0.1, 0.15) is 13.3 Å². The summed E-state index contributed by atoms with van der Waals surface area (Å²) in [4.78, 5) is 0. The molecule has 15 heavy (non-hydrogen) atoms. The van der Waals surface area contributed by atoms with Crippen LogP contribution >= 0.6 is 0 Å². The molecule has 0 aliphatic heterocycles. The SMILES string of the molecule is CC(CCO)Nc1c(N)ccc(F)c1F. The van der Waals surface area contributed by atoms with E-state index in [4.69, 9.17) is 10.8 Å². The lowest BCUT2D eigenvalue weighted by molar-refractivity contribution is 0.282. The lowest BCUT2D eigenvalue weighted by Crippen LogP contribution is -2.18. The van der Waals surface area contributed by atoms with Gasteiger partial charge in [0.25, 0.3) is 0 Å². The number of aliphatic hydroxyl groups excluding tert-OH is 1. The van der Waals surface area contributed by atoms with Gasteiger partial charge in [-0.2, -0.15) is 0 Å². The summed E-state index contributed by atoms with van der Waals surface area (Å²) in [5.74, 6) is -1.93. The lowest BCUT2D eigenvalue weighted by Gasteiger charge is -2.16. The minimum absolute atomic E-state index is 0.0228.